The number of carbonyl (C=O) groups excluding carboxylic acids is 2. The number of ether oxygens (including phenoxy) is 1. The van der Waals surface area contributed by atoms with Gasteiger partial charge in [0, 0.05) is 30.2 Å². The average Bonchev–Trinajstić information content (AvgIpc) is 2.74. The fourth-order valence-corrected chi connectivity index (χ4v) is 3.40. The third-order valence-corrected chi connectivity index (χ3v) is 5.12. The van der Waals surface area contributed by atoms with Crippen molar-refractivity contribution in [3.63, 3.8) is 0 Å². The summed E-state index contributed by atoms with van der Waals surface area (Å²) in [5.74, 6) is -0.143. The van der Waals surface area contributed by atoms with Gasteiger partial charge in [0.05, 0.1) is 6.61 Å². The summed E-state index contributed by atoms with van der Waals surface area (Å²) >= 11 is 6.07. The number of amides is 2. The zero-order valence-electron chi connectivity index (χ0n) is 15.8. The fourth-order valence-electron chi connectivity index (χ4n) is 3.21. The van der Waals surface area contributed by atoms with Gasteiger partial charge in [-0.1, -0.05) is 41.9 Å². The molecule has 2 amide bonds. The summed E-state index contributed by atoms with van der Waals surface area (Å²) in [6.45, 7) is 2.24. The summed E-state index contributed by atoms with van der Waals surface area (Å²) in [6.07, 6.45) is 3.32. The van der Waals surface area contributed by atoms with E-state index in [-0.39, 0.29) is 25.0 Å². The molecular weight excluding hydrogens is 376 g/mol. The molecule has 0 saturated carbocycles. The molecule has 28 heavy (non-hydrogen) atoms. The molecule has 2 aromatic carbocycles. The minimum atomic E-state index is -0.209. The third-order valence-electron chi connectivity index (χ3n) is 4.76. The maximum atomic E-state index is 12.6. The Kier molecular flexibility index (Phi) is 7.46. The molecule has 0 aliphatic carbocycles. The van der Waals surface area contributed by atoms with E-state index in [9.17, 15) is 9.59 Å². The van der Waals surface area contributed by atoms with Crippen LogP contribution in [0.2, 0.25) is 5.02 Å². The number of hydrogen-bond donors (Lipinski definition) is 1. The molecule has 0 spiro atoms. The van der Waals surface area contributed by atoms with Crippen LogP contribution in [0.25, 0.3) is 0 Å². The van der Waals surface area contributed by atoms with E-state index in [2.05, 4.69) is 5.32 Å². The van der Waals surface area contributed by atoms with Crippen LogP contribution in [0.5, 0.6) is 0 Å². The maximum absolute atomic E-state index is 12.6. The zero-order valence-corrected chi connectivity index (χ0v) is 16.6. The predicted molar refractivity (Wildman–Crippen MR) is 109 cm³/mol. The summed E-state index contributed by atoms with van der Waals surface area (Å²) in [5, 5.41) is 3.45. The van der Waals surface area contributed by atoms with E-state index >= 15 is 0 Å². The van der Waals surface area contributed by atoms with Gasteiger partial charge in [0.15, 0.2) is 0 Å². The molecule has 0 radical (unpaired) electrons. The molecule has 0 bridgehead atoms. The van der Waals surface area contributed by atoms with Crippen molar-refractivity contribution < 1.29 is 14.3 Å². The van der Waals surface area contributed by atoms with Crippen LogP contribution in [0.4, 0.5) is 0 Å². The lowest BCUT2D eigenvalue weighted by Crippen LogP contribution is -2.35. The Labute approximate surface area is 170 Å². The van der Waals surface area contributed by atoms with Gasteiger partial charge >= 0.3 is 0 Å². The summed E-state index contributed by atoms with van der Waals surface area (Å²) in [4.78, 5) is 26.5. The number of hydrogen-bond acceptors (Lipinski definition) is 3. The number of rotatable bonds is 7. The number of nitrogens with zero attached hydrogens (tertiary/aromatic N) is 1. The minimum Gasteiger partial charge on any atom is -0.367 e. The maximum Gasteiger partial charge on any atom is 0.253 e. The number of nitrogens with one attached hydrogen (secondary N) is 1. The second-order valence-electron chi connectivity index (χ2n) is 6.91. The highest BCUT2D eigenvalue weighted by Crippen LogP contribution is 2.16. The molecule has 1 heterocycles. The summed E-state index contributed by atoms with van der Waals surface area (Å²) < 4.78 is 5.43. The van der Waals surface area contributed by atoms with Crippen molar-refractivity contribution in [1.82, 2.24) is 10.2 Å². The van der Waals surface area contributed by atoms with E-state index < -0.39 is 0 Å². The van der Waals surface area contributed by atoms with E-state index in [0.29, 0.717) is 17.1 Å². The van der Waals surface area contributed by atoms with Crippen LogP contribution in [0.1, 0.15) is 40.7 Å². The highest BCUT2D eigenvalue weighted by Gasteiger charge is 2.18. The Bertz CT molecular complexity index is 819. The summed E-state index contributed by atoms with van der Waals surface area (Å²) in [7, 11) is 0. The molecule has 1 aliphatic heterocycles. The van der Waals surface area contributed by atoms with Crippen LogP contribution in [0.3, 0.4) is 0 Å². The van der Waals surface area contributed by atoms with Gasteiger partial charge in [-0.25, -0.2) is 0 Å². The molecule has 1 saturated heterocycles. The van der Waals surface area contributed by atoms with Crippen LogP contribution < -0.4 is 5.32 Å². The highest BCUT2D eigenvalue weighted by atomic mass is 35.5. The molecule has 1 fully saturated rings. The highest BCUT2D eigenvalue weighted by molar-refractivity contribution is 6.31. The summed E-state index contributed by atoms with van der Waals surface area (Å²) in [6, 6.07) is 14.8. The van der Waals surface area contributed by atoms with Crippen LogP contribution in [0.15, 0.2) is 48.5 Å². The smallest absolute Gasteiger partial charge is 0.253 e. The van der Waals surface area contributed by atoms with Crippen LogP contribution >= 0.6 is 11.6 Å². The normalized spacial score (nSPS) is 14.0. The lowest BCUT2D eigenvalue weighted by molar-refractivity contribution is -0.126. The Morgan fingerprint density at radius 3 is 2.61 bits per heavy atom. The van der Waals surface area contributed by atoms with Gasteiger partial charge in [0.2, 0.25) is 5.91 Å². The number of carbonyl (C=O) groups is 2. The SMILES string of the molecule is O=C(COCc1ccccc1Cl)NCc1cccc(C(=O)N2CCCCC2)c1. The standard InChI is InChI=1S/C22H25ClN2O3/c23-20-10-3-2-8-19(20)15-28-16-21(26)24-14-17-7-6-9-18(13-17)22(27)25-11-4-1-5-12-25/h2-3,6-10,13H,1,4-5,11-12,14-16H2,(H,24,26). The minimum absolute atomic E-state index is 0.0440. The van der Waals surface area contributed by atoms with E-state index in [1.807, 2.05) is 47.4 Å². The number of halogens is 1. The van der Waals surface area contributed by atoms with Crippen molar-refractivity contribution in [2.24, 2.45) is 0 Å². The van der Waals surface area contributed by atoms with E-state index in [4.69, 9.17) is 16.3 Å². The molecule has 5 nitrogen and oxygen atoms in total. The largest absolute Gasteiger partial charge is 0.367 e. The Balaban J connectivity index is 1.45. The molecule has 3 rings (SSSR count). The monoisotopic (exact) mass is 400 g/mol. The van der Waals surface area contributed by atoms with E-state index in [0.717, 1.165) is 37.1 Å². The molecule has 0 aromatic heterocycles. The Morgan fingerprint density at radius 1 is 1.04 bits per heavy atom. The van der Waals surface area contributed by atoms with Crippen molar-refractivity contribution in [2.75, 3.05) is 19.7 Å². The molecule has 0 atom stereocenters. The molecule has 1 N–H and O–H groups in total. The quantitative estimate of drug-likeness (QED) is 0.769. The Hall–Kier alpha value is -2.37. The van der Waals surface area contributed by atoms with Crippen LogP contribution in [-0.4, -0.2) is 36.4 Å². The first-order valence-corrected chi connectivity index (χ1v) is 9.97. The van der Waals surface area contributed by atoms with Gasteiger partial charge < -0.3 is 15.0 Å². The van der Waals surface area contributed by atoms with Gasteiger partial charge in [0.25, 0.3) is 5.91 Å². The second-order valence-corrected chi connectivity index (χ2v) is 7.32. The van der Waals surface area contributed by atoms with Crippen molar-refractivity contribution >= 4 is 23.4 Å². The first-order chi connectivity index (χ1) is 13.6. The number of benzene rings is 2. The van der Waals surface area contributed by atoms with E-state index in [1.54, 1.807) is 6.07 Å². The van der Waals surface area contributed by atoms with Gasteiger partial charge in [-0.3, -0.25) is 9.59 Å². The summed E-state index contributed by atoms with van der Waals surface area (Å²) in [5.41, 5.74) is 2.41. The van der Waals surface area contributed by atoms with E-state index in [1.165, 1.54) is 6.42 Å². The van der Waals surface area contributed by atoms with Crippen molar-refractivity contribution in [3.8, 4) is 0 Å². The van der Waals surface area contributed by atoms with Gasteiger partial charge in [-0.2, -0.15) is 0 Å². The predicted octanol–water partition coefficient (Wildman–Crippen LogP) is 3.80. The van der Waals surface area contributed by atoms with Crippen molar-refractivity contribution in [1.29, 1.82) is 0 Å². The molecule has 0 unspecified atom stereocenters. The number of likely N-dealkylation sites (tertiary alicyclic amines) is 1. The Morgan fingerprint density at radius 2 is 1.82 bits per heavy atom. The third kappa shape index (κ3) is 5.81. The first-order valence-electron chi connectivity index (χ1n) is 9.59. The average molecular weight is 401 g/mol. The number of piperidine rings is 1. The molecular formula is C22H25ClN2O3. The molecule has 2 aromatic rings. The fraction of sp³-hybridized carbons (Fsp3) is 0.364. The van der Waals surface area contributed by atoms with Gasteiger partial charge in [0.1, 0.15) is 6.61 Å². The van der Waals surface area contributed by atoms with Gasteiger partial charge in [-0.15, -0.1) is 0 Å². The van der Waals surface area contributed by atoms with Crippen molar-refractivity contribution in [2.45, 2.75) is 32.4 Å². The second kappa shape index (κ2) is 10.2. The first kappa shape index (κ1) is 20.4. The van der Waals surface area contributed by atoms with Crippen LogP contribution in [-0.2, 0) is 22.7 Å². The molecule has 1 aliphatic rings. The lowest BCUT2D eigenvalue weighted by Gasteiger charge is -2.26. The van der Waals surface area contributed by atoms with Gasteiger partial charge in [-0.05, 0) is 48.6 Å². The molecule has 148 valence electrons. The molecule has 6 heteroatoms. The zero-order chi connectivity index (χ0) is 19.8. The lowest BCUT2D eigenvalue weighted by atomic mass is 10.1. The van der Waals surface area contributed by atoms with Crippen LogP contribution in [0, 0.1) is 0 Å². The van der Waals surface area contributed by atoms with Crippen molar-refractivity contribution in [3.05, 3.63) is 70.2 Å². The topological polar surface area (TPSA) is 58.6 Å².